The number of nitrogens with zero attached hydrogens (tertiary/aromatic N) is 1. The van der Waals surface area contributed by atoms with Gasteiger partial charge in [-0.05, 0) is 48.7 Å². The third-order valence-electron chi connectivity index (χ3n) is 5.71. The van der Waals surface area contributed by atoms with E-state index in [1.807, 2.05) is 42.6 Å². The van der Waals surface area contributed by atoms with Crippen molar-refractivity contribution in [1.82, 2.24) is 15.2 Å². The van der Waals surface area contributed by atoms with Crippen LogP contribution in [0, 0.1) is 0 Å². The molecule has 3 aromatic rings. The number of hydrogen-bond acceptors (Lipinski definition) is 5. The molecule has 0 bridgehead atoms. The molecule has 1 aliphatic rings. The first kappa shape index (κ1) is 22.2. The number of aromatic amines is 1. The minimum Gasteiger partial charge on any atom is -0.493 e. The molecule has 1 aromatic heterocycles. The summed E-state index contributed by atoms with van der Waals surface area (Å²) in [6.07, 6.45) is 2.63. The van der Waals surface area contributed by atoms with E-state index in [9.17, 15) is 14.4 Å². The van der Waals surface area contributed by atoms with Gasteiger partial charge in [0, 0.05) is 30.1 Å². The van der Waals surface area contributed by atoms with Gasteiger partial charge >= 0.3 is 6.03 Å². The molecule has 1 atom stereocenters. The minimum atomic E-state index is -0.711. The maximum absolute atomic E-state index is 12.7. The fraction of sp³-hybridized carbons (Fsp3) is 0.292. The zero-order valence-corrected chi connectivity index (χ0v) is 18.5. The lowest BCUT2D eigenvalue weighted by Gasteiger charge is -2.14. The molecule has 0 unspecified atom stereocenters. The number of benzene rings is 2. The molecule has 0 saturated carbocycles. The Hall–Kier alpha value is -4.01. The number of fused-ring (bicyclic) bond motifs is 1. The molecule has 1 aliphatic heterocycles. The van der Waals surface area contributed by atoms with Gasteiger partial charge < -0.3 is 25.1 Å². The fourth-order valence-electron chi connectivity index (χ4n) is 3.94. The van der Waals surface area contributed by atoms with E-state index in [1.165, 1.54) is 4.90 Å². The first-order valence-electron chi connectivity index (χ1n) is 10.7. The van der Waals surface area contributed by atoms with Crippen molar-refractivity contribution >= 4 is 34.4 Å². The summed E-state index contributed by atoms with van der Waals surface area (Å²) >= 11 is 0. The maximum atomic E-state index is 12.7. The highest BCUT2D eigenvalue weighted by Crippen LogP contribution is 2.28. The number of rotatable bonds is 9. The second-order valence-corrected chi connectivity index (χ2v) is 7.76. The monoisotopic (exact) mass is 450 g/mol. The van der Waals surface area contributed by atoms with Crippen molar-refractivity contribution in [2.75, 3.05) is 26.1 Å². The number of ether oxygens (including phenoxy) is 2. The lowest BCUT2D eigenvalue weighted by atomic mass is 10.1. The molecule has 9 nitrogen and oxygen atoms in total. The van der Waals surface area contributed by atoms with Gasteiger partial charge in [-0.2, -0.15) is 0 Å². The van der Waals surface area contributed by atoms with Gasteiger partial charge in [-0.1, -0.05) is 12.1 Å². The van der Waals surface area contributed by atoms with Gasteiger partial charge in [-0.25, -0.2) is 4.79 Å². The number of hydrogen-bond donors (Lipinski definition) is 3. The SMILES string of the molecule is COc1ccc(CCN2C(=O)N[C@@H](CCC(=O)Nc3cccc4[nH]ccc34)C2=O)cc1OC. The first-order chi connectivity index (χ1) is 16.0. The molecule has 1 fully saturated rings. The molecule has 0 spiro atoms. The zero-order valence-electron chi connectivity index (χ0n) is 18.5. The maximum Gasteiger partial charge on any atom is 0.324 e. The fourth-order valence-corrected chi connectivity index (χ4v) is 3.94. The molecule has 0 aliphatic carbocycles. The topological polar surface area (TPSA) is 113 Å². The smallest absolute Gasteiger partial charge is 0.324 e. The van der Waals surface area contributed by atoms with E-state index in [1.54, 1.807) is 20.3 Å². The van der Waals surface area contributed by atoms with Gasteiger partial charge in [0.25, 0.3) is 5.91 Å². The number of nitrogens with one attached hydrogen (secondary N) is 3. The average Bonchev–Trinajstić information content (AvgIpc) is 3.41. The van der Waals surface area contributed by atoms with E-state index in [0.29, 0.717) is 23.6 Å². The third-order valence-corrected chi connectivity index (χ3v) is 5.71. The van der Waals surface area contributed by atoms with Crippen molar-refractivity contribution < 1.29 is 23.9 Å². The molecular formula is C24H26N4O5. The van der Waals surface area contributed by atoms with Crippen molar-refractivity contribution in [2.24, 2.45) is 0 Å². The van der Waals surface area contributed by atoms with Crippen LogP contribution in [0.1, 0.15) is 18.4 Å². The molecular weight excluding hydrogens is 424 g/mol. The largest absolute Gasteiger partial charge is 0.493 e. The molecule has 172 valence electrons. The van der Waals surface area contributed by atoms with Gasteiger partial charge in [0.2, 0.25) is 5.91 Å². The van der Waals surface area contributed by atoms with Crippen LogP contribution in [0.5, 0.6) is 11.5 Å². The van der Waals surface area contributed by atoms with Gasteiger partial charge in [-0.3, -0.25) is 14.5 Å². The zero-order chi connectivity index (χ0) is 23.4. The minimum absolute atomic E-state index is 0.112. The molecule has 3 N–H and O–H groups in total. The van der Waals surface area contributed by atoms with Crippen LogP contribution in [-0.2, 0) is 16.0 Å². The van der Waals surface area contributed by atoms with Crippen molar-refractivity contribution in [1.29, 1.82) is 0 Å². The summed E-state index contributed by atoms with van der Waals surface area (Å²) in [5, 5.41) is 6.48. The van der Waals surface area contributed by atoms with Crippen molar-refractivity contribution in [3.63, 3.8) is 0 Å². The molecule has 2 aromatic carbocycles. The normalized spacial score (nSPS) is 15.6. The summed E-state index contributed by atoms with van der Waals surface area (Å²) in [4.78, 5) is 41.8. The molecule has 33 heavy (non-hydrogen) atoms. The highest BCUT2D eigenvalue weighted by molar-refractivity contribution is 6.05. The number of imide groups is 1. The lowest BCUT2D eigenvalue weighted by molar-refractivity contribution is -0.127. The Bertz CT molecular complexity index is 1190. The number of carbonyl (C=O) groups excluding carboxylic acids is 3. The molecule has 4 amide bonds. The van der Waals surface area contributed by atoms with Crippen LogP contribution >= 0.6 is 0 Å². The summed E-state index contributed by atoms with van der Waals surface area (Å²) in [5.41, 5.74) is 2.54. The Morgan fingerprint density at radius 3 is 2.70 bits per heavy atom. The molecule has 1 saturated heterocycles. The number of amides is 4. The lowest BCUT2D eigenvalue weighted by Crippen LogP contribution is -2.33. The average molecular weight is 450 g/mol. The summed E-state index contributed by atoms with van der Waals surface area (Å²) in [6.45, 7) is 0.234. The van der Waals surface area contributed by atoms with Gasteiger partial charge in [0.1, 0.15) is 6.04 Å². The number of urea groups is 1. The van der Waals surface area contributed by atoms with Crippen LogP contribution in [0.15, 0.2) is 48.7 Å². The van der Waals surface area contributed by atoms with Gasteiger partial charge in [0.05, 0.1) is 19.9 Å². The Kier molecular flexibility index (Phi) is 6.48. The number of aromatic nitrogens is 1. The van der Waals surface area contributed by atoms with Crippen LogP contribution in [0.25, 0.3) is 10.9 Å². The third kappa shape index (κ3) is 4.77. The Labute approximate surface area is 191 Å². The Balaban J connectivity index is 1.31. The van der Waals surface area contributed by atoms with Crippen molar-refractivity contribution in [3.05, 3.63) is 54.2 Å². The molecule has 4 rings (SSSR count). The Morgan fingerprint density at radius 1 is 1.09 bits per heavy atom. The van der Waals surface area contributed by atoms with Gasteiger partial charge in [0.15, 0.2) is 11.5 Å². The van der Waals surface area contributed by atoms with Crippen LogP contribution < -0.4 is 20.1 Å². The van der Waals surface area contributed by atoms with E-state index in [2.05, 4.69) is 15.6 Å². The molecule has 2 heterocycles. The molecule has 9 heteroatoms. The standard InChI is InChI=1S/C24H26N4O5/c1-32-20-8-6-15(14-21(20)33-2)11-13-28-23(30)19(27-24(28)31)7-9-22(29)26-18-5-3-4-17-16(18)10-12-25-17/h3-6,8,10,12,14,19,25H,7,9,11,13H2,1-2H3,(H,26,29)(H,27,31)/t19-/m0/s1. The van der Waals surface area contributed by atoms with Crippen LogP contribution in [0.4, 0.5) is 10.5 Å². The number of carbonyl (C=O) groups is 3. The second-order valence-electron chi connectivity index (χ2n) is 7.76. The van der Waals surface area contributed by atoms with E-state index < -0.39 is 12.1 Å². The van der Waals surface area contributed by atoms with E-state index in [-0.39, 0.29) is 31.2 Å². The predicted molar refractivity (Wildman–Crippen MR) is 123 cm³/mol. The quantitative estimate of drug-likeness (QED) is 0.434. The van der Waals surface area contributed by atoms with E-state index >= 15 is 0 Å². The predicted octanol–water partition coefficient (Wildman–Crippen LogP) is 3.07. The molecule has 0 radical (unpaired) electrons. The summed E-state index contributed by atoms with van der Waals surface area (Å²) in [5.74, 6) is 0.671. The first-order valence-corrected chi connectivity index (χ1v) is 10.7. The highest BCUT2D eigenvalue weighted by Gasteiger charge is 2.37. The summed E-state index contributed by atoms with van der Waals surface area (Å²) < 4.78 is 10.5. The van der Waals surface area contributed by atoms with Crippen LogP contribution in [-0.4, -0.2) is 54.5 Å². The highest BCUT2D eigenvalue weighted by atomic mass is 16.5. The van der Waals surface area contributed by atoms with Crippen molar-refractivity contribution in [3.8, 4) is 11.5 Å². The van der Waals surface area contributed by atoms with Crippen LogP contribution in [0.3, 0.4) is 0 Å². The summed E-state index contributed by atoms with van der Waals surface area (Å²) in [7, 11) is 3.12. The number of anilines is 1. The number of H-pyrrole nitrogens is 1. The van der Waals surface area contributed by atoms with Crippen LogP contribution in [0.2, 0.25) is 0 Å². The Morgan fingerprint density at radius 2 is 1.91 bits per heavy atom. The second kappa shape index (κ2) is 9.64. The van der Waals surface area contributed by atoms with E-state index in [0.717, 1.165) is 16.5 Å². The summed E-state index contributed by atoms with van der Waals surface area (Å²) in [6, 6.07) is 11.8. The van der Waals surface area contributed by atoms with Crippen molar-refractivity contribution in [2.45, 2.75) is 25.3 Å². The van der Waals surface area contributed by atoms with E-state index in [4.69, 9.17) is 9.47 Å². The number of methoxy groups -OCH3 is 2. The van der Waals surface area contributed by atoms with Gasteiger partial charge in [-0.15, -0.1) is 0 Å².